The second-order valence-electron chi connectivity index (χ2n) is 4.70. The first-order chi connectivity index (χ1) is 9.04. The molecule has 1 unspecified atom stereocenters. The number of nitrogens with zero attached hydrogens (tertiary/aromatic N) is 1. The molecule has 0 saturated heterocycles. The van der Waals surface area contributed by atoms with Crippen LogP contribution in [0.5, 0.6) is 0 Å². The van der Waals surface area contributed by atoms with E-state index in [1.54, 1.807) is 11.8 Å². The molecule has 2 N–H and O–H groups in total. The molecule has 2 rings (SSSR count). The first-order valence-electron chi connectivity index (χ1n) is 6.19. The number of pyridine rings is 1. The first-order valence-corrected chi connectivity index (χ1v) is 7.80. The van der Waals surface area contributed by atoms with Gasteiger partial charge in [0, 0.05) is 21.6 Å². The maximum atomic E-state index is 5.83. The van der Waals surface area contributed by atoms with Crippen LogP contribution < -0.4 is 5.73 Å². The molecule has 1 aromatic carbocycles. The summed E-state index contributed by atoms with van der Waals surface area (Å²) in [4.78, 5) is 5.62. The van der Waals surface area contributed by atoms with Crippen LogP contribution >= 0.6 is 27.7 Å². The Bertz CT molecular complexity index is 553. The van der Waals surface area contributed by atoms with Crippen LogP contribution in [0.25, 0.3) is 0 Å². The standard InChI is InChI=1S/C15H17BrN2S/c1-10-7-12(8-11(2)17)3-5-14(10)19-15-6-4-13(16)9-18-15/h3-7,9,11H,8,17H2,1-2H3. The summed E-state index contributed by atoms with van der Waals surface area (Å²) in [7, 11) is 0. The Kier molecular flexibility index (Phi) is 5.02. The lowest BCUT2D eigenvalue weighted by Gasteiger charge is -2.09. The molecule has 0 spiro atoms. The predicted octanol–water partition coefficient (Wildman–Crippen LogP) is 4.19. The van der Waals surface area contributed by atoms with Crippen LogP contribution in [0.15, 0.2) is 50.9 Å². The minimum atomic E-state index is 0.200. The van der Waals surface area contributed by atoms with Crippen molar-refractivity contribution in [3.8, 4) is 0 Å². The van der Waals surface area contributed by atoms with Crippen molar-refractivity contribution in [2.24, 2.45) is 5.73 Å². The number of benzene rings is 1. The summed E-state index contributed by atoms with van der Waals surface area (Å²) in [5.41, 5.74) is 8.39. The molecule has 0 bridgehead atoms. The molecule has 2 nitrogen and oxygen atoms in total. The number of rotatable bonds is 4. The number of hydrogen-bond donors (Lipinski definition) is 1. The average molecular weight is 337 g/mol. The molecule has 0 aliphatic carbocycles. The summed E-state index contributed by atoms with van der Waals surface area (Å²) in [6.45, 7) is 4.16. The third-order valence-corrected chi connectivity index (χ3v) is 4.31. The molecule has 0 saturated carbocycles. The molecule has 100 valence electrons. The second kappa shape index (κ2) is 6.55. The maximum Gasteiger partial charge on any atom is 0.101 e. The molecule has 0 radical (unpaired) electrons. The smallest absolute Gasteiger partial charge is 0.101 e. The topological polar surface area (TPSA) is 38.9 Å². The zero-order valence-corrected chi connectivity index (χ0v) is 13.5. The Morgan fingerprint density at radius 2 is 2.11 bits per heavy atom. The highest BCUT2D eigenvalue weighted by atomic mass is 79.9. The van der Waals surface area contributed by atoms with Gasteiger partial charge in [0.05, 0.1) is 0 Å². The van der Waals surface area contributed by atoms with E-state index in [9.17, 15) is 0 Å². The van der Waals surface area contributed by atoms with Crippen LogP contribution in [-0.2, 0) is 6.42 Å². The SMILES string of the molecule is Cc1cc(CC(C)N)ccc1Sc1ccc(Br)cn1. The van der Waals surface area contributed by atoms with E-state index in [2.05, 4.69) is 46.0 Å². The van der Waals surface area contributed by atoms with Crippen LogP contribution in [0.3, 0.4) is 0 Å². The quantitative estimate of drug-likeness (QED) is 0.909. The molecule has 0 aliphatic heterocycles. The number of aromatic nitrogens is 1. The van der Waals surface area contributed by atoms with Gasteiger partial charge in [-0.15, -0.1) is 0 Å². The van der Waals surface area contributed by atoms with Gasteiger partial charge in [0.2, 0.25) is 0 Å². The van der Waals surface area contributed by atoms with E-state index >= 15 is 0 Å². The Balaban J connectivity index is 2.15. The van der Waals surface area contributed by atoms with Crippen LogP contribution in [0.2, 0.25) is 0 Å². The monoisotopic (exact) mass is 336 g/mol. The predicted molar refractivity (Wildman–Crippen MR) is 84.6 cm³/mol. The van der Waals surface area contributed by atoms with Gasteiger partial charge in [-0.3, -0.25) is 0 Å². The van der Waals surface area contributed by atoms with Crippen LogP contribution in [0, 0.1) is 6.92 Å². The average Bonchev–Trinajstić information content (AvgIpc) is 2.34. The van der Waals surface area contributed by atoms with Gasteiger partial charge in [0.25, 0.3) is 0 Å². The van der Waals surface area contributed by atoms with E-state index < -0.39 is 0 Å². The molecule has 1 atom stereocenters. The van der Waals surface area contributed by atoms with E-state index in [0.717, 1.165) is 15.9 Å². The van der Waals surface area contributed by atoms with Crippen LogP contribution in [0.1, 0.15) is 18.1 Å². The van der Waals surface area contributed by atoms with Gasteiger partial charge < -0.3 is 5.73 Å². The summed E-state index contributed by atoms with van der Waals surface area (Å²) in [5, 5.41) is 1.01. The van der Waals surface area contributed by atoms with E-state index in [0.29, 0.717) is 0 Å². The van der Waals surface area contributed by atoms with Crippen molar-refractivity contribution in [3.05, 3.63) is 52.1 Å². The fraction of sp³-hybridized carbons (Fsp3) is 0.267. The van der Waals surface area contributed by atoms with Gasteiger partial charge in [0.15, 0.2) is 0 Å². The van der Waals surface area contributed by atoms with Crippen molar-refractivity contribution in [2.75, 3.05) is 0 Å². The first kappa shape index (κ1) is 14.6. The second-order valence-corrected chi connectivity index (χ2v) is 6.68. The number of halogens is 1. The molecule has 4 heteroatoms. The fourth-order valence-electron chi connectivity index (χ4n) is 1.86. The highest BCUT2D eigenvalue weighted by Crippen LogP contribution is 2.30. The number of hydrogen-bond acceptors (Lipinski definition) is 3. The third kappa shape index (κ3) is 4.34. The van der Waals surface area contributed by atoms with Gasteiger partial charge in [0.1, 0.15) is 5.03 Å². The van der Waals surface area contributed by atoms with Crippen LogP contribution in [-0.4, -0.2) is 11.0 Å². The number of nitrogens with two attached hydrogens (primary N) is 1. The summed E-state index contributed by atoms with van der Waals surface area (Å²) in [6.07, 6.45) is 2.74. The molecular weight excluding hydrogens is 320 g/mol. The third-order valence-electron chi connectivity index (χ3n) is 2.71. The lowest BCUT2D eigenvalue weighted by molar-refractivity contribution is 0.737. The number of aryl methyl sites for hydroxylation is 1. The molecule has 0 aliphatic rings. The maximum absolute atomic E-state index is 5.83. The van der Waals surface area contributed by atoms with Gasteiger partial charge in [-0.05, 0) is 65.5 Å². The zero-order valence-electron chi connectivity index (χ0n) is 11.1. The molecule has 0 amide bonds. The summed E-state index contributed by atoms with van der Waals surface area (Å²) in [5.74, 6) is 0. The zero-order chi connectivity index (χ0) is 13.8. The minimum absolute atomic E-state index is 0.200. The molecule has 19 heavy (non-hydrogen) atoms. The van der Waals surface area contributed by atoms with Crippen molar-refractivity contribution in [1.82, 2.24) is 4.98 Å². The van der Waals surface area contributed by atoms with E-state index in [1.807, 2.05) is 25.3 Å². The van der Waals surface area contributed by atoms with E-state index in [4.69, 9.17) is 5.73 Å². The Labute approximate surface area is 126 Å². The van der Waals surface area contributed by atoms with Crippen molar-refractivity contribution in [2.45, 2.75) is 36.2 Å². The van der Waals surface area contributed by atoms with Crippen molar-refractivity contribution < 1.29 is 0 Å². The normalized spacial score (nSPS) is 12.4. The minimum Gasteiger partial charge on any atom is -0.328 e. The molecular formula is C15H17BrN2S. The highest BCUT2D eigenvalue weighted by Gasteiger charge is 2.05. The molecule has 0 fully saturated rings. The van der Waals surface area contributed by atoms with Crippen molar-refractivity contribution in [1.29, 1.82) is 0 Å². The van der Waals surface area contributed by atoms with E-state index in [1.165, 1.54) is 16.0 Å². The molecule has 1 heterocycles. The van der Waals surface area contributed by atoms with Gasteiger partial charge >= 0.3 is 0 Å². The Morgan fingerprint density at radius 1 is 1.32 bits per heavy atom. The summed E-state index contributed by atoms with van der Waals surface area (Å²) >= 11 is 5.08. The fourth-order valence-corrected chi connectivity index (χ4v) is 2.92. The van der Waals surface area contributed by atoms with Gasteiger partial charge in [-0.2, -0.15) is 0 Å². The largest absolute Gasteiger partial charge is 0.328 e. The summed E-state index contributed by atoms with van der Waals surface area (Å²) < 4.78 is 1.00. The highest BCUT2D eigenvalue weighted by molar-refractivity contribution is 9.10. The van der Waals surface area contributed by atoms with E-state index in [-0.39, 0.29) is 6.04 Å². The Hall–Kier alpha value is -0.840. The van der Waals surface area contributed by atoms with Crippen molar-refractivity contribution >= 4 is 27.7 Å². The summed E-state index contributed by atoms with van der Waals surface area (Å²) in [6, 6.07) is 10.7. The van der Waals surface area contributed by atoms with Crippen LogP contribution in [0.4, 0.5) is 0 Å². The Morgan fingerprint density at radius 3 is 2.68 bits per heavy atom. The lowest BCUT2D eigenvalue weighted by Crippen LogP contribution is -2.17. The molecule has 2 aromatic rings. The lowest BCUT2D eigenvalue weighted by atomic mass is 10.1. The van der Waals surface area contributed by atoms with Crippen molar-refractivity contribution in [3.63, 3.8) is 0 Å². The van der Waals surface area contributed by atoms with Gasteiger partial charge in [-0.1, -0.05) is 23.9 Å². The van der Waals surface area contributed by atoms with Gasteiger partial charge in [-0.25, -0.2) is 4.98 Å². The molecule has 1 aromatic heterocycles.